The van der Waals surface area contributed by atoms with Crippen LogP contribution in [0.1, 0.15) is 46.5 Å². The highest BCUT2D eigenvalue weighted by atomic mass is 14.7. The summed E-state index contributed by atoms with van der Waals surface area (Å²) in [4.78, 5) is 0. The average molecular weight is 218 g/mol. The van der Waals surface area contributed by atoms with E-state index in [1.807, 2.05) is 0 Å². The number of fused-ring (bicyclic) bond motifs is 7. The van der Waals surface area contributed by atoms with Gasteiger partial charge in [-0.3, -0.25) is 0 Å². The van der Waals surface area contributed by atoms with E-state index in [2.05, 4.69) is 20.8 Å². The van der Waals surface area contributed by atoms with Crippen LogP contribution in [-0.4, -0.2) is 0 Å². The van der Waals surface area contributed by atoms with Crippen molar-refractivity contribution in [2.45, 2.75) is 46.5 Å². The fourth-order valence-electron chi connectivity index (χ4n) is 6.51. The van der Waals surface area contributed by atoms with Crippen molar-refractivity contribution in [2.24, 2.45) is 53.3 Å². The molecule has 0 saturated heterocycles. The van der Waals surface area contributed by atoms with Crippen molar-refractivity contribution in [2.75, 3.05) is 0 Å². The Bertz CT molecular complexity index is 307. The normalized spacial score (nSPS) is 67.3. The van der Waals surface area contributed by atoms with Crippen LogP contribution in [0.25, 0.3) is 0 Å². The van der Waals surface area contributed by atoms with Crippen LogP contribution in [0.5, 0.6) is 0 Å². The maximum atomic E-state index is 2.56. The quantitative estimate of drug-likeness (QED) is 0.571. The monoisotopic (exact) mass is 218 g/mol. The molecule has 4 rings (SSSR count). The van der Waals surface area contributed by atoms with E-state index in [4.69, 9.17) is 0 Å². The zero-order valence-corrected chi connectivity index (χ0v) is 11.0. The Morgan fingerprint density at radius 3 is 1.94 bits per heavy atom. The lowest BCUT2D eigenvalue weighted by molar-refractivity contribution is -0.239. The summed E-state index contributed by atoms with van der Waals surface area (Å²) in [5.41, 5.74) is 0. The van der Waals surface area contributed by atoms with Crippen LogP contribution in [0.3, 0.4) is 0 Å². The van der Waals surface area contributed by atoms with Gasteiger partial charge in [-0.15, -0.1) is 0 Å². The largest absolute Gasteiger partial charge is 0.0622 e. The Hall–Kier alpha value is 0. The zero-order chi connectivity index (χ0) is 11.0. The molecule has 4 aliphatic carbocycles. The molecule has 4 fully saturated rings. The van der Waals surface area contributed by atoms with Gasteiger partial charge in [0, 0.05) is 0 Å². The minimum atomic E-state index is 1.01. The topological polar surface area (TPSA) is 0 Å². The molecule has 4 saturated carbocycles. The first-order valence-corrected chi connectivity index (χ1v) is 7.70. The van der Waals surface area contributed by atoms with Crippen LogP contribution in [0.15, 0.2) is 0 Å². The summed E-state index contributed by atoms with van der Waals surface area (Å²) >= 11 is 0. The third-order valence-corrected chi connectivity index (χ3v) is 7.38. The second-order valence-electron chi connectivity index (χ2n) is 7.61. The summed E-state index contributed by atoms with van der Waals surface area (Å²) < 4.78 is 0. The van der Waals surface area contributed by atoms with Crippen molar-refractivity contribution in [3.05, 3.63) is 0 Å². The molecule has 0 spiro atoms. The summed E-state index contributed by atoms with van der Waals surface area (Å²) in [6.07, 6.45) is 6.24. The van der Waals surface area contributed by atoms with Crippen molar-refractivity contribution in [1.29, 1.82) is 0 Å². The lowest BCUT2D eigenvalue weighted by Gasteiger charge is -2.71. The van der Waals surface area contributed by atoms with E-state index >= 15 is 0 Å². The first-order chi connectivity index (χ1) is 7.70. The molecule has 0 heteroatoms. The SMILES string of the molecule is CC1CCC2C(C1C)C1C3C(C)CCC3C21. The van der Waals surface area contributed by atoms with Gasteiger partial charge in [0.15, 0.2) is 0 Å². The third kappa shape index (κ3) is 0.946. The zero-order valence-electron chi connectivity index (χ0n) is 11.0. The number of hydrogen-bond acceptors (Lipinski definition) is 0. The first-order valence-electron chi connectivity index (χ1n) is 7.70. The first kappa shape index (κ1) is 9.97. The highest BCUT2D eigenvalue weighted by Gasteiger charge is 2.69. The molecule has 0 aliphatic heterocycles. The van der Waals surface area contributed by atoms with Crippen molar-refractivity contribution in [3.8, 4) is 0 Å². The molecule has 0 aromatic carbocycles. The molecule has 0 N–H and O–H groups in total. The summed E-state index contributed by atoms with van der Waals surface area (Å²) in [6.45, 7) is 7.60. The van der Waals surface area contributed by atoms with Crippen LogP contribution >= 0.6 is 0 Å². The number of rotatable bonds is 0. The summed E-state index contributed by atoms with van der Waals surface area (Å²) in [7, 11) is 0. The predicted octanol–water partition coefficient (Wildman–Crippen LogP) is 4.21. The molecule has 0 bridgehead atoms. The Morgan fingerprint density at radius 2 is 1.19 bits per heavy atom. The molecule has 90 valence electrons. The van der Waals surface area contributed by atoms with Gasteiger partial charge in [0.2, 0.25) is 0 Å². The molecule has 0 amide bonds. The summed E-state index contributed by atoms with van der Waals surface area (Å²) in [5.74, 6) is 10.2. The van der Waals surface area contributed by atoms with E-state index in [1.165, 1.54) is 36.0 Å². The van der Waals surface area contributed by atoms with Crippen molar-refractivity contribution in [3.63, 3.8) is 0 Å². The molecule has 0 radical (unpaired) electrons. The van der Waals surface area contributed by atoms with Crippen molar-refractivity contribution in [1.82, 2.24) is 0 Å². The molecular weight excluding hydrogens is 192 g/mol. The maximum absolute atomic E-state index is 2.56. The van der Waals surface area contributed by atoms with Gasteiger partial charge in [0.1, 0.15) is 0 Å². The van der Waals surface area contributed by atoms with Crippen LogP contribution in [0.2, 0.25) is 0 Å². The lowest BCUT2D eigenvalue weighted by Crippen LogP contribution is -2.67. The Kier molecular flexibility index (Phi) is 1.91. The van der Waals surface area contributed by atoms with Crippen LogP contribution in [0.4, 0.5) is 0 Å². The second-order valence-corrected chi connectivity index (χ2v) is 7.61. The Balaban J connectivity index is 1.59. The second kappa shape index (κ2) is 3.06. The maximum Gasteiger partial charge on any atom is -0.0313 e. The number of hydrogen-bond donors (Lipinski definition) is 0. The standard InChI is InChI=1S/C16H26/c1-8-4-6-12-14(10(8)3)16-13-9(2)5-7-11(13)15(12)16/h8-16H,4-7H2,1-3H3. The lowest BCUT2D eigenvalue weighted by atomic mass is 9.33. The van der Waals surface area contributed by atoms with Gasteiger partial charge in [-0.1, -0.05) is 33.6 Å². The molecule has 0 aromatic rings. The van der Waals surface area contributed by atoms with E-state index < -0.39 is 0 Å². The summed E-state index contributed by atoms with van der Waals surface area (Å²) in [5, 5.41) is 0. The fraction of sp³-hybridized carbons (Fsp3) is 1.00. The van der Waals surface area contributed by atoms with Gasteiger partial charge < -0.3 is 0 Å². The van der Waals surface area contributed by atoms with Crippen LogP contribution < -0.4 is 0 Å². The Labute approximate surface area is 100 Å². The van der Waals surface area contributed by atoms with Crippen molar-refractivity contribution >= 4 is 0 Å². The van der Waals surface area contributed by atoms with Crippen LogP contribution in [-0.2, 0) is 0 Å². The fourth-order valence-corrected chi connectivity index (χ4v) is 6.51. The summed E-state index contributed by atoms with van der Waals surface area (Å²) in [6, 6.07) is 0. The van der Waals surface area contributed by atoms with Gasteiger partial charge in [-0.25, -0.2) is 0 Å². The van der Waals surface area contributed by atoms with Crippen LogP contribution in [0, 0.1) is 53.3 Å². The predicted molar refractivity (Wildman–Crippen MR) is 66.9 cm³/mol. The Morgan fingerprint density at radius 1 is 0.562 bits per heavy atom. The molecule has 0 heterocycles. The minimum Gasteiger partial charge on any atom is -0.0622 e. The third-order valence-electron chi connectivity index (χ3n) is 7.38. The smallest absolute Gasteiger partial charge is 0.0313 e. The van der Waals surface area contributed by atoms with Crippen molar-refractivity contribution < 1.29 is 0 Å². The average Bonchev–Trinajstić information content (AvgIpc) is 2.51. The van der Waals surface area contributed by atoms with Gasteiger partial charge in [-0.2, -0.15) is 0 Å². The minimum absolute atomic E-state index is 1.01. The van der Waals surface area contributed by atoms with E-state index in [0.29, 0.717) is 0 Å². The molecule has 9 atom stereocenters. The van der Waals surface area contributed by atoms with E-state index in [0.717, 1.165) is 23.7 Å². The van der Waals surface area contributed by atoms with E-state index in [9.17, 15) is 0 Å². The highest BCUT2D eigenvalue weighted by molar-refractivity contribution is 5.17. The van der Waals surface area contributed by atoms with Gasteiger partial charge in [0.05, 0.1) is 0 Å². The van der Waals surface area contributed by atoms with Gasteiger partial charge in [0.25, 0.3) is 0 Å². The molecule has 4 aliphatic rings. The van der Waals surface area contributed by atoms with E-state index in [-0.39, 0.29) is 0 Å². The van der Waals surface area contributed by atoms with Gasteiger partial charge in [-0.05, 0) is 66.1 Å². The molecule has 0 aromatic heterocycles. The molecular formula is C16H26. The highest BCUT2D eigenvalue weighted by Crippen LogP contribution is 2.74. The van der Waals surface area contributed by atoms with Gasteiger partial charge >= 0.3 is 0 Å². The van der Waals surface area contributed by atoms with E-state index in [1.54, 1.807) is 19.3 Å². The molecule has 16 heavy (non-hydrogen) atoms. The molecule has 9 unspecified atom stereocenters. The molecule has 0 nitrogen and oxygen atoms in total.